The summed E-state index contributed by atoms with van der Waals surface area (Å²) in [5.41, 5.74) is 7.61. The summed E-state index contributed by atoms with van der Waals surface area (Å²) >= 11 is 0. The number of benzene rings is 2. The SMILES string of the molecule is COc1ccc(C(=O)N(C)C(CCN)Cc2ccccc2)cc1. The van der Waals surface area contributed by atoms with Gasteiger partial charge in [0.25, 0.3) is 5.91 Å². The first-order valence-corrected chi connectivity index (χ1v) is 7.81. The lowest BCUT2D eigenvalue weighted by Crippen LogP contribution is -2.39. The predicted molar refractivity (Wildman–Crippen MR) is 92.7 cm³/mol. The van der Waals surface area contributed by atoms with Crippen molar-refractivity contribution >= 4 is 5.91 Å². The van der Waals surface area contributed by atoms with Gasteiger partial charge in [-0.1, -0.05) is 30.3 Å². The third kappa shape index (κ3) is 4.57. The van der Waals surface area contributed by atoms with Crippen LogP contribution < -0.4 is 10.5 Å². The van der Waals surface area contributed by atoms with Gasteiger partial charge in [-0.2, -0.15) is 0 Å². The zero-order valence-electron chi connectivity index (χ0n) is 13.7. The van der Waals surface area contributed by atoms with E-state index in [2.05, 4.69) is 12.1 Å². The van der Waals surface area contributed by atoms with Gasteiger partial charge >= 0.3 is 0 Å². The van der Waals surface area contributed by atoms with Crippen LogP contribution >= 0.6 is 0 Å². The summed E-state index contributed by atoms with van der Waals surface area (Å²) in [5, 5.41) is 0. The normalized spacial score (nSPS) is 11.8. The second-order valence-electron chi connectivity index (χ2n) is 5.57. The van der Waals surface area contributed by atoms with E-state index in [4.69, 9.17) is 10.5 Å². The van der Waals surface area contributed by atoms with Gasteiger partial charge in [0.15, 0.2) is 0 Å². The zero-order chi connectivity index (χ0) is 16.7. The molecule has 4 heteroatoms. The Morgan fingerprint density at radius 1 is 1.13 bits per heavy atom. The monoisotopic (exact) mass is 312 g/mol. The Kier molecular flexibility index (Phi) is 6.18. The van der Waals surface area contributed by atoms with Crippen LogP contribution in [0.3, 0.4) is 0 Å². The van der Waals surface area contributed by atoms with E-state index in [9.17, 15) is 4.79 Å². The minimum Gasteiger partial charge on any atom is -0.497 e. The highest BCUT2D eigenvalue weighted by Gasteiger charge is 2.21. The van der Waals surface area contributed by atoms with Crippen LogP contribution in [0.2, 0.25) is 0 Å². The van der Waals surface area contributed by atoms with Gasteiger partial charge in [0, 0.05) is 18.7 Å². The maximum atomic E-state index is 12.7. The molecule has 0 spiro atoms. The highest BCUT2D eigenvalue weighted by Crippen LogP contribution is 2.16. The molecule has 4 nitrogen and oxygen atoms in total. The minimum absolute atomic E-state index is 0.00188. The molecular formula is C19H24N2O2. The van der Waals surface area contributed by atoms with E-state index in [-0.39, 0.29) is 11.9 Å². The van der Waals surface area contributed by atoms with Crippen LogP contribution in [-0.4, -0.2) is 37.6 Å². The van der Waals surface area contributed by atoms with Crippen molar-refractivity contribution in [2.24, 2.45) is 5.73 Å². The summed E-state index contributed by atoms with van der Waals surface area (Å²) in [6.07, 6.45) is 1.57. The lowest BCUT2D eigenvalue weighted by atomic mass is 10.0. The van der Waals surface area contributed by atoms with Crippen molar-refractivity contribution in [3.8, 4) is 5.75 Å². The quantitative estimate of drug-likeness (QED) is 0.855. The lowest BCUT2D eigenvalue weighted by Gasteiger charge is -2.28. The minimum atomic E-state index is 0.00188. The fourth-order valence-corrected chi connectivity index (χ4v) is 2.61. The van der Waals surface area contributed by atoms with Crippen LogP contribution in [-0.2, 0) is 6.42 Å². The van der Waals surface area contributed by atoms with Crippen LogP contribution in [0, 0.1) is 0 Å². The zero-order valence-corrected chi connectivity index (χ0v) is 13.7. The van der Waals surface area contributed by atoms with Gasteiger partial charge < -0.3 is 15.4 Å². The van der Waals surface area contributed by atoms with E-state index < -0.39 is 0 Å². The molecule has 1 amide bonds. The number of carbonyl (C=O) groups excluding carboxylic acids is 1. The Balaban J connectivity index is 2.12. The average Bonchev–Trinajstić information content (AvgIpc) is 2.61. The molecule has 23 heavy (non-hydrogen) atoms. The number of carbonyl (C=O) groups is 1. The van der Waals surface area contributed by atoms with Crippen molar-refractivity contribution in [1.29, 1.82) is 0 Å². The molecule has 1 unspecified atom stereocenters. The van der Waals surface area contributed by atoms with Crippen LogP contribution in [0.4, 0.5) is 0 Å². The highest BCUT2D eigenvalue weighted by molar-refractivity contribution is 5.94. The summed E-state index contributed by atoms with van der Waals surface area (Å²) in [4.78, 5) is 14.5. The van der Waals surface area contributed by atoms with Gasteiger partial charge in [-0.25, -0.2) is 0 Å². The van der Waals surface area contributed by atoms with E-state index in [0.717, 1.165) is 18.6 Å². The van der Waals surface area contributed by atoms with Gasteiger partial charge in [-0.15, -0.1) is 0 Å². The molecule has 0 aromatic heterocycles. The summed E-state index contributed by atoms with van der Waals surface area (Å²) in [5.74, 6) is 0.744. The smallest absolute Gasteiger partial charge is 0.253 e. The number of nitrogens with two attached hydrogens (primary N) is 1. The summed E-state index contributed by atoms with van der Waals surface area (Å²) in [6, 6.07) is 17.4. The molecule has 0 radical (unpaired) electrons. The van der Waals surface area contributed by atoms with E-state index >= 15 is 0 Å². The van der Waals surface area contributed by atoms with Gasteiger partial charge in [-0.3, -0.25) is 4.79 Å². The molecule has 2 N–H and O–H groups in total. The van der Waals surface area contributed by atoms with Crippen LogP contribution in [0.25, 0.3) is 0 Å². The molecule has 0 aliphatic carbocycles. The van der Waals surface area contributed by atoms with Gasteiger partial charge in [-0.05, 0) is 49.2 Å². The van der Waals surface area contributed by atoms with Crippen molar-refractivity contribution < 1.29 is 9.53 Å². The van der Waals surface area contributed by atoms with Crippen molar-refractivity contribution in [3.05, 3.63) is 65.7 Å². The average molecular weight is 312 g/mol. The second kappa shape index (κ2) is 8.34. The molecule has 2 rings (SSSR count). The lowest BCUT2D eigenvalue weighted by molar-refractivity contribution is 0.0725. The molecule has 0 aliphatic heterocycles. The molecule has 0 fully saturated rings. The standard InChI is InChI=1S/C19H24N2O2/c1-21(19(22)16-8-10-18(23-2)11-9-16)17(12-13-20)14-15-6-4-3-5-7-15/h3-11,17H,12-14,20H2,1-2H3. The first kappa shape index (κ1) is 17.0. The van der Waals surface area contributed by atoms with Gasteiger partial charge in [0.2, 0.25) is 0 Å². The Bertz CT molecular complexity index is 611. The number of amides is 1. The van der Waals surface area contributed by atoms with Gasteiger partial charge in [0.1, 0.15) is 5.75 Å². The molecule has 0 aliphatic rings. The Hall–Kier alpha value is -2.33. The fraction of sp³-hybridized carbons (Fsp3) is 0.316. The number of rotatable bonds is 7. The molecule has 122 valence electrons. The number of nitrogens with zero attached hydrogens (tertiary/aromatic N) is 1. The van der Waals surface area contributed by atoms with E-state index in [1.165, 1.54) is 5.56 Å². The Morgan fingerprint density at radius 3 is 2.35 bits per heavy atom. The van der Waals surface area contributed by atoms with Gasteiger partial charge in [0.05, 0.1) is 7.11 Å². The Labute approximate surface area is 137 Å². The summed E-state index contributed by atoms with van der Waals surface area (Å²) in [7, 11) is 3.45. The third-order valence-electron chi connectivity index (χ3n) is 4.02. The first-order valence-electron chi connectivity index (χ1n) is 7.81. The highest BCUT2D eigenvalue weighted by atomic mass is 16.5. The van der Waals surface area contributed by atoms with Crippen molar-refractivity contribution in [2.45, 2.75) is 18.9 Å². The second-order valence-corrected chi connectivity index (χ2v) is 5.57. The predicted octanol–water partition coefficient (Wildman–Crippen LogP) is 2.73. The molecule has 1 atom stereocenters. The summed E-state index contributed by atoms with van der Waals surface area (Å²) in [6.45, 7) is 0.553. The molecule has 2 aromatic rings. The molecule has 0 heterocycles. The molecule has 0 saturated heterocycles. The third-order valence-corrected chi connectivity index (χ3v) is 4.02. The van der Waals surface area contributed by atoms with E-state index in [1.807, 2.05) is 25.2 Å². The van der Waals surface area contributed by atoms with Crippen LogP contribution in [0.5, 0.6) is 5.75 Å². The Morgan fingerprint density at radius 2 is 1.78 bits per heavy atom. The maximum Gasteiger partial charge on any atom is 0.253 e. The topological polar surface area (TPSA) is 55.6 Å². The van der Waals surface area contributed by atoms with Crippen molar-refractivity contribution in [1.82, 2.24) is 4.90 Å². The maximum absolute atomic E-state index is 12.7. The molecule has 0 bridgehead atoms. The number of hydrogen-bond acceptors (Lipinski definition) is 3. The fourth-order valence-electron chi connectivity index (χ4n) is 2.61. The number of methoxy groups -OCH3 is 1. The van der Waals surface area contributed by atoms with E-state index in [0.29, 0.717) is 12.1 Å². The summed E-state index contributed by atoms with van der Waals surface area (Å²) < 4.78 is 5.13. The first-order chi connectivity index (χ1) is 11.2. The number of hydrogen-bond donors (Lipinski definition) is 1. The molecule has 2 aromatic carbocycles. The molecular weight excluding hydrogens is 288 g/mol. The number of ether oxygens (including phenoxy) is 1. The van der Waals surface area contributed by atoms with Crippen LogP contribution in [0.15, 0.2) is 54.6 Å². The van der Waals surface area contributed by atoms with Crippen molar-refractivity contribution in [3.63, 3.8) is 0 Å². The largest absolute Gasteiger partial charge is 0.497 e. The van der Waals surface area contributed by atoms with Crippen LogP contribution in [0.1, 0.15) is 22.3 Å². The van der Waals surface area contributed by atoms with E-state index in [1.54, 1.807) is 36.3 Å². The number of likely N-dealkylation sites (N-methyl/N-ethyl adjacent to an activating group) is 1. The molecule has 0 saturated carbocycles. The van der Waals surface area contributed by atoms with Crippen molar-refractivity contribution in [2.75, 3.05) is 20.7 Å².